The van der Waals surface area contributed by atoms with E-state index in [1.54, 1.807) is 18.2 Å². The molecule has 3 rings (SSSR count). The van der Waals surface area contributed by atoms with E-state index in [0.29, 0.717) is 27.4 Å². The first-order valence-electron chi connectivity index (χ1n) is 6.89. The molecule has 0 aromatic heterocycles. The van der Waals surface area contributed by atoms with Gasteiger partial charge in [-0.25, -0.2) is 0 Å². The van der Waals surface area contributed by atoms with Crippen molar-refractivity contribution in [2.45, 2.75) is 19.4 Å². The van der Waals surface area contributed by atoms with Gasteiger partial charge in [-0.3, -0.25) is 4.79 Å². The molecule has 0 aliphatic carbocycles. The Morgan fingerprint density at radius 2 is 2.10 bits per heavy atom. The van der Waals surface area contributed by atoms with E-state index in [1.807, 2.05) is 4.90 Å². The van der Waals surface area contributed by atoms with E-state index < -0.39 is 0 Å². The Morgan fingerprint density at radius 3 is 2.75 bits per heavy atom. The van der Waals surface area contributed by atoms with Gasteiger partial charge in [-0.15, -0.1) is 0 Å². The Hall–Kier alpha value is -0.770. The molecule has 5 heteroatoms. The Balaban J connectivity index is 1.91. The number of amides is 1. The third-order valence-corrected chi connectivity index (χ3v) is 5.31. The Kier molecular flexibility index (Phi) is 3.47. The van der Waals surface area contributed by atoms with Gasteiger partial charge in [-0.1, -0.05) is 23.2 Å². The fraction of sp³-hybridized carbons (Fsp3) is 0.533. The highest BCUT2D eigenvalue weighted by Gasteiger charge is 2.51. The predicted molar refractivity (Wildman–Crippen MR) is 81.4 cm³/mol. The summed E-state index contributed by atoms with van der Waals surface area (Å²) in [6.07, 6.45) is 0. The lowest BCUT2D eigenvalue weighted by molar-refractivity contribution is 0.0603. The molecular weight excluding hydrogens is 295 g/mol. The highest BCUT2D eigenvalue weighted by molar-refractivity contribution is 6.36. The zero-order chi connectivity index (χ0) is 14.5. The SMILES string of the molecule is CC1(C)C2CNCC2CN1C(=O)c1ccc(Cl)cc1Cl. The minimum Gasteiger partial charge on any atom is -0.333 e. The van der Waals surface area contributed by atoms with Crippen molar-refractivity contribution in [3.63, 3.8) is 0 Å². The van der Waals surface area contributed by atoms with E-state index in [-0.39, 0.29) is 11.4 Å². The minimum atomic E-state index is -0.145. The number of rotatable bonds is 1. The summed E-state index contributed by atoms with van der Waals surface area (Å²) < 4.78 is 0. The molecule has 1 N–H and O–H groups in total. The number of likely N-dealkylation sites (tertiary alicyclic amines) is 1. The highest BCUT2D eigenvalue weighted by atomic mass is 35.5. The zero-order valence-corrected chi connectivity index (χ0v) is 13.1. The lowest BCUT2D eigenvalue weighted by Crippen LogP contribution is -2.47. The monoisotopic (exact) mass is 312 g/mol. The topological polar surface area (TPSA) is 32.3 Å². The maximum absolute atomic E-state index is 12.8. The number of carbonyl (C=O) groups is 1. The van der Waals surface area contributed by atoms with Crippen LogP contribution in [0.15, 0.2) is 18.2 Å². The lowest BCUT2D eigenvalue weighted by Gasteiger charge is -2.35. The van der Waals surface area contributed by atoms with Gasteiger partial charge in [0.15, 0.2) is 0 Å². The van der Waals surface area contributed by atoms with Gasteiger partial charge < -0.3 is 10.2 Å². The minimum absolute atomic E-state index is 0.00562. The van der Waals surface area contributed by atoms with Gasteiger partial charge in [0.25, 0.3) is 5.91 Å². The standard InChI is InChI=1S/C15H18Cl2N2O/c1-15(2)12-7-18-6-9(12)8-19(15)14(20)11-4-3-10(16)5-13(11)17/h3-5,9,12,18H,6-8H2,1-2H3. The van der Waals surface area contributed by atoms with Crippen molar-refractivity contribution in [1.82, 2.24) is 10.2 Å². The van der Waals surface area contributed by atoms with E-state index >= 15 is 0 Å². The van der Waals surface area contributed by atoms with E-state index in [0.717, 1.165) is 19.6 Å². The number of halogens is 2. The van der Waals surface area contributed by atoms with Crippen LogP contribution < -0.4 is 5.32 Å². The molecule has 2 aliphatic heterocycles. The number of hydrogen-bond donors (Lipinski definition) is 1. The zero-order valence-electron chi connectivity index (χ0n) is 11.6. The summed E-state index contributed by atoms with van der Waals surface area (Å²) in [7, 11) is 0. The van der Waals surface area contributed by atoms with Crippen LogP contribution in [0.3, 0.4) is 0 Å². The van der Waals surface area contributed by atoms with Crippen molar-refractivity contribution in [2.24, 2.45) is 11.8 Å². The number of fused-ring (bicyclic) bond motifs is 1. The first-order chi connectivity index (χ1) is 9.41. The summed E-state index contributed by atoms with van der Waals surface area (Å²) in [4.78, 5) is 14.8. The first-order valence-corrected chi connectivity index (χ1v) is 7.64. The predicted octanol–water partition coefficient (Wildman–Crippen LogP) is 3.06. The van der Waals surface area contributed by atoms with Gasteiger partial charge in [0.05, 0.1) is 10.6 Å². The maximum atomic E-state index is 12.8. The van der Waals surface area contributed by atoms with Gasteiger partial charge in [-0.05, 0) is 43.9 Å². The summed E-state index contributed by atoms with van der Waals surface area (Å²) >= 11 is 12.1. The van der Waals surface area contributed by atoms with Crippen LogP contribution in [-0.2, 0) is 0 Å². The van der Waals surface area contributed by atoms with E-state index in [1.165, 1.54) is 0 Å². The van der Waals surface area contributed by atoms with Gasteiger partial charge in [0, 0.05) is 30.2 Å². The molecule has 2 heterocycles. The molecule has 2 aliphatic rings. The summed E-state index contributed by atoms with van der Waals surface area (Å²) in [5.74, 6) is 1.06. The van der Waals surface area contributed by atoms with Crippen LogP contribution in [0.5, 0.6) is 0 Å². The van der Waals surface area contributed by atoms with Gasteiger partial charge in [0.1, 0.15) is 0 Å². The third-order valence-electron chi connectivity index (χ3n) is 4.77. The molecule has 2 unspecified atom stereocenters. The van der Waals surface area contributed by atoms with Crippen LogP contribution in [-0.4, -0.2) is 36.0 Å². The largest absolute Gasteiger partial charge is 0.333 e. The molecule has 2 saturated heterocycles. The van der Waals surface area contributed by atoms with E-state index in [9.17, 15) is 4.79 Å². The van der Waals surface area contributed by atoms with Gasteiger partial charge in [-0.2, -0.15) is 0 Å². The number of nitrogens with one attached hydrogen (secondary N) is 1. The first kappa shape index (κ1) is 14.2. The molecule has 0 bridgehead atoms. The second-order valence-electron chi connectivity index (χ2n) is 6.22. The number of hydrogen-bond acceptors (Lipinski definition) is 2. The van der Waals surface area contributed by atoms with Crippen molar-refractivity contribution in [3.05, 3.63) is 33.8 Å². The molecule has 20 heavy (non-hydrogen) atoms. The molecule has 1 aromatic rings. The molecule has 1 amide bonds. The van der Waals surface area contributed by atoms with Crippen LogP contribution in [0.4, 0.5) is 0 Å². The van der Waals surface area contributed by atoms with Crippen LogP contribution in [0.2, 0.25) is 10.0 Å². The van der Waals surface area contributed by atoms with Crippen molar-refractivity contribution >= 4 is 29.1 Å². The fourth-order valence-electron chi connectivity index (χ4n) is 3.57. The Labute approximate surface area is 129 Å². The van der Waals surface area contributed by atoms with Crippen LogP contribution >= 0.6 is 23.2 Å². The normalized spacial score (nSPS) is 27.7. The van der Waals surface area contributed by atoms with Gasteiger partial charge >= 0.3 is 0 Å². The van der Waals surface area contributed by atoms with Gasteiger partial charge in [0.2, 0.25) is 0 Å². The third kappa shape index (κ3) is 2.12. The summed E-state index contributed by atoms with van der Waals surface area (Å²) in [6, 6.07) is 5.06. The summed E-state index contributed by atoms with van der Waals surface area (Å²) in [6.45, 7) is 7.06. The second kappa shape index (κ2) is 4.90. The molecule has 108 valence electrons. The van der Waals surface area contributed by atoms with Crippen molar-refractivity contribution in [3.8, 4) is 0 Å². The van der Waals surface area contributed by atoms with Crippen molar-refractivity contribution in [2.75, 3.05) is 19.6 Å². The molecular formula is C15H18Cl2N2O. The summed E-state index contributed by atoms with van der Waals surface area (Å²) in [5, 5.41) is 4.39. The average Bonchev–Trinajstić information content (AvgIpc) is 2.91. The molecule has 0 radical (unpaired) electrons. The molecule has 0 saturated carbocycles. The lowest BCUT2D eigenvalue weighted by atomic mass is 9.84. The van der Waals surface area contributed by atoms with E-state index in [2.05, 4.69) is 19.2 Å². The molecule has 0 spiro atoms. The Bertz CT molecular complexity index is 559. The van der Waals surface area contributed by atoms with Crippen LogP contribution in [0, 0.1) is 11.8 Å². The van der Waals surface area contributed by atoms with Crippen LogP contribution in [0.25, 0.3) is 0 Å². The molecule has 2 fully saturated rings. The van der Waals surface area contributed by atoms with Crippen LogP contribution in [0.1, 0.15) is 24.2 Å². The van der Waals surface area contributed by atoms with Crippen molar-refractivity contribution in [1.29, 1.82) is 0 Å². The summed E-state index contributed by atoms with van der Waals surface area (Å²) in [5.41, 5.74) is 0.394. The van der Waals surface area contributed by atoms with Crippen molar-refractivity contribution < 1.29 is 4.79 Å². The molecule has 1 aromatic carbocycles. The fourth-order valence-corrected chi connectivity index (χ4v) is 4.06. The van der Waals surface area contributed by atoms with E-state index in [4.69, 9.17) is 23.2 Å². The quantitative estimate of drug-likeness (QED) is 0.864. The number of benzene rings is 1. The Morgan fingerprint density at radius 1 is 1.35 bits per heavy atom. The highest BCUT2D eigenvalue weighted by Crippen LogP contribution is 2.41. The second-order valence-corrected chi connectivity index (χ2v) is 7.06. The maximum Gasteiger partial charge on any atom is 0.255 e. The average molecular weight is 313 g/mol. The smallest absolute Gasteiger partial charge is 0.255 e. The number of carbonyl (C=O) groups excluding carboxylic acids is 1. The molecule has 2 atom stereocenters. The number of nitrogens with zero attached hydrogens (tertiary/aromatic N) is 1. The molecule has 3 nitrogen and oxygen atoms in total.